The van der Waals surface area contributed by atoms with Gasteiger partial charge in [0.25, 0.3) is 0 Å². The van der Waals surface area contributed by atoms with Gasteiger partial charge in [-0.25, -0.2) is 8.78 Å². The predicted octanol–water partition coefficient (Wildman–Crippen LogP) is 5.46. The fourth-order valence-corrected chi connectivity index (χ4v) is 6.36. The van der Waals surface area contributed by atoms with Crippen molar-refractivity contribution in [2.24, 2.45) is 5.92 Å². The quantitative estimate of drug-likeness (QED) is 0.584. The van der Waals surface area contributed by atoms with Crippen molar-refractivity contribution in [1.29, 1.82) is 0 Å². The lowest BCUT2D eigenvalue weighted by atomic mass is 9.62. The Morgan fingerprint density at radius 3 is 2.87 bits per heavy atom. The van der Waals surface area contributed by atoms with E-state index in [1.807, 2.05) is 13.0 Å². The van der Waals surface area contributed by atoms with Crippen molar-refractivity contribution < 1.29 is 13.5 Å². The Balaban J connectivity index is 1.44. The van der Waals surface area contributed by atoms with Crippen molar-refractivity contribution in [2.45, 2.75) is 69.6 Å². The molecule has 4 rings (SSSR count). The molecule has 0 radical (unpaired) electrons. The maximum Gasteiger partial charge on any atom is 0.130 e. The van der Waals surface area contributed by atoms with Gasteiger partial charge in [-0.2, -0.15) is 0 Å². The van der Waals surface area contributed by atoms with E-state index in [0.717, 1.165) is 25.1 Å². The smallest absolute Gasteiger partial charge is 0.130 e. The number of fused-ring (bicyclic) bond motifs is 5. The molecule has 31 heavy (non-hydrogen) atoms. The highest BCUT2D eigenvalue weighted by molar-refractivity contribution is 5.62. The van der Waals surface area contributed by atoms with Crippen LogP contribution < -0.4 is 5.73 Å². The standard InChI is InChI=1S/C26H36F2N2O/c1-17-11-12-26(15-25(17,3)20-7-5-10-23(29)24(20)26)16-30(4)13-18(2)31-14-19-21(27)8-6-9-22(19)28/h5-8,10,17-18,22H,9,11-16,29H2,1-4H3/t17-,18+,22?,25-,26-/m1/s1. The molecule has 1 fully saturated rings. The first-order valence-electron chi connectivity index (χ1n) is 11.5. The van der Waals surface area contributed by atoms with E-state index in [-0.39, 0.29) is 35.5 Å². The minimum Gasteiger partial charge on any atom is -0.398 e. The second kappa shape index (κ2) is 8.32. The van der Waals surface area contributed by atoms with Crippen LogP contribution in [0, 0.1) is 5.92 Å². The molecular weight excluding hydrogens is 394 g/mol. The van der Waals surface area contributed by atoms with E-state index in [2.05, 4.69) is 37.9 Å². The molecule has 2 bridgehead atoms. The van der Waals surface area contributed by atoms with Crippen LogP contribution in [-0.4, -0.2) is 43.9 Å². The molecule has 0 aromatic heterocycles. The van der Waals surface area contributed by atoms with Crippen molar-refractivity contribution in [3.8, 4) is 0 Å². The largest absolute Gasteiger partial charge is 0.398 e. The number of allylic oxidation sites excluding steroid dienone is 3. The van der Waals surface area contributed by atoms with Gasteiger partial charge in [-0.15, -0.1) is 0 Å². The summed E-state index contributed by atoms with van der Waals surface area (Å²) in [6.45, 7) is 8.37. The van der Waals surface area contributed by atoms with Gasteiger partial charge in [0.1, 0.15) is 12.0 Å². The molecule has 3 aliphatic rings. The lowest BCUT2D eigenvalue weighted by Crippen LogP contribution is -2.45. The third-order valence-electron chi connectivity index (χ3n) is 8.05. The van der Waals surface area contributed by atoms with Gasteiger partial charge in [-0.1, -0.05) is 32.1 Å². The molecule has 5 heteroatoms. The monoisotopic (exact) mass is 430 g/mol. The fraction of sp³-hybridized carbons (Fsp3) is 0.615. The van der Waals surface area contributed by atoms with Crippen LogP contribution in [0.25, 0.3) is 0 Å². The summed E-state index contributed by atoms with van der Waals surface area (Å²) in [5.74, 6) is 0.143. The zero-order valence-corrected chi connectivity index (χ0v) is 19.3. The Morgan fingerprint density at radius 1 is 1.35 bits per heavy atom. The van der Waals surface area contributed by atoms with E-state index in [1.165, 1.54) is 29.7 Å². The Kier molecular flexibility index (Phi) is 6.04. The number of halogens is 2. The number of hydrogen-bond acceptors (Lipinski definition) is 3. The highest BCUT2D eigenvalue weighted by Crippen LogP contribution is 2.61. The van der Waals surface area contributed by atoms with Gasteiger partial charge >= 0.3 is 0 Å². The highest BCUT2D eigenvalue weighted by atomic mass is 19.1. The number of nitrogen functional groups attached to an aromatic ring is 1. The first-order chi connectivity index (χ1) is 14.7. The molecule has 0 spiro atoms. The summed E-state index contributed by atoms with van der Waals surface area (Å²) in [5.41, 5.74) is 10.6. The Bertz CT molecular complexity index is 897. The van der Waals surface area contributed by atoms with Gasteiger partial charge in [0.15, 0.2) is 0 Å². The van der Waals surface area contributed by atoms with E-state index in [4.69, 9.17) is 10.5 Å². The predicted molar refractivity (Wildman–Crippen MR) is 123 cm³/mol. The maximum atomic E-state index is 14.0. The third-order valence-corrected chi connectivity index (χ3v) is 8.05. The number of nitrogens with two attached hydrogens (primary N) is 1. The van der Waals surface area contributed by atoms with Gasteiger partial charge in [-0.05, 0) is 67.8 Å². The second-order valence-corrected chi connectivity index (χ2v) is 10.4. The van der Waals surface area contributed by atoms with E-state index in [1.54, 1.807) is 0 Å². The Morgan fingerprint density at radius 2 is 2.13 bits per heavy atom. The van der Waals surface area contributed by atoms with Crippen LogP contribution in [0.3, 0.4) is 0 Å². The summed E-state index contributed by atoms with van der Waals surface area (Å²) < 4.78 is 33.8. The van der Waals surface area contributed by atoms with E-state index >= 15 is 0 Å². The average molecular weight is 431 g/mol. The zero-order chi connectivity index (χ0) is 22.4. The van der Waals surface area contributed by atoms with Crippen molar-refractivity contribution >= 4 is 5.69 Å². The first-order valence-corrected chi connectivity index (χ1v) is 11.5. The van der Waals surface area contributed by atoms with Crippen molar-refractivity contribution in [1.82, 2.24) is 4.90 Å². The van der Waals surface area contributed by atoms with Gasteiger partial charge < -0.3 is 15.4 Å². The van der Waals surface area contributed by atoms with Crippen LogP contribution in [-0.2, 0) is 15.6 Å². The van der Waals surface area contributed by atoms with Crippen molar-refractivity contribution in [3.63, 3.8) is 0 Å². The number of rotatable bonds is 7. The van der Waals surface area contributed by atoms with Gasteiger partial charge in [0.2, 0.25) is 0 Å². The van der Waals surface area contributed by atoms with Gasteiger partial charge in [-0.3, -0.25) is 0 Å². The van der Waals surface area contributed by atoms with E-state index in [0.29, 0.717) is 12.5 Å². The molecule has 3 nitrogen and oxygen atoms in total. The number of alkyl halides is 1. The number of nitrogens with zero attached hydrogens (tertiary/aromatic N) is 1. The normalized spacial score (nSPS) is 33.1. The summed E-state index contributed by atoms with van der Waals surface area (Å²) in [6, 6.07) is 6.40. The maximum absolute atomic E-state index is 14.0. The lowest BCUT2D eigenvalue weighted by molar-refractivity contribution is 0.0409. The molecule has 0 saturated heterocycles. The molecule has 1 saturated carbocycles. The summed E-state index contributed by atoms with van der Waals surface area (Å²) in [4.78, 5) is 2.31. The number of anilines is 1. The molecule has 5 atom stereocenters. The van der Waals surface area contributed by atoms with E-state index < -0.39 is 12.0 Å². The Labute approximate surface area is 185 Å². The minimum absolute atomic E-state index is 0.00283. The third kappa shape index (κ3) is 3.95. The zero-order valence-electron chi connectivity index (χ0n) is 19.3. The number of benzene rings is 1. The Hall–Kier alpha value is -1.72. The van der Waals surface area contributed by atoms with Crippen LogP contribution in [0.1, 0.15) is 57.6 Å². The van der Waals surface area contributed by atoms with Crippen molar-refractivity contribution in [2.75, 3.05) is 32.5 Å². The molecule has 3 aliphatic carbocycles. The van der Waals surface area contributed by atoms with E-state index in [9.17, 15) is 8.78 Å². The minimum atomic E-state index is -1.28. The summed E-state index contributed by atoms with van der Waals surface area (Å²) in [5, 5.41) is 0. The van der Waals surface area contributed by atoms with Gasteiger partial charge in [0.05, 0.1) is 12.7 Å². The summed E-state index contributed by atoms with van der Waals surface area (Å²) in [6.07, 6.45) is 5.15. The molecular formula is C26H36F2N2O. The van der Waals surface area contributed by atoms with Gasteiger partial charge in [0, 0.05) is 36.2 Å². The second-order valence-electron chi connectivity index (χ2n) is 10.4. The molecule has 1 aromatic rings. The first kappa shape index (κ1) is 22.5. The molecule has 0 aliphatic heterocycles. The number of hydrogen-bond donors (Lipinski definition) is 1. The molecule has 1 aromatic carbocycles. The highest BCUT2D eigenvalue weighted by Gasteiger charge is 2.56. The van der Waals surface area contributed by atoms with Crippen LogP contribution in [0.15, 0.2) is 41.8 Å². The average Bonchev–Trinajstić information content (AvgIpc) is 2.91. The molecule has 2 N–H and O–H groups in total. The number of likely N-dealkylation sites (N-methyl/N-ethyl adjacent to an activating group) is 1. The summed E-state index contributed by atoms with van der Waals surface area (Å²) >= 11 is 0. The summed E-state index contributed by atoms with van der Waals surface area (Å²) in [7, 11) is 2.11. The van der Waals surface area contributed by atoms with Crippen LogP contribution in [0.2, 0.25) is 0 Å². The molecule has 1 unspecified atom stereocenters. The van der Waals surface area contributed by atoms with Crippen molar-refractivity contribution in [3.05, 3.63) is 52.9 Å². The molecule has 0 amide bonds. The molecule has 0 heterocycles. The lowest BCUT2D eigenvalue weighted by Gasteiger charge is -2.44. The van der Waals surface area contributed by atoms with Crippen LogP contribution in [0.4, 0.5) is 14.5 Å². The number of ether oxygens (including phenoxy) is 1. The molecule has 170 valence electrons. The fourth-order valence-electron chi connectivity index (χ4n) is 6.36. The topological polar surface area (TPSA) is 38.5 Å². The van der Waals surface area contributed by atoms with Crippen LogP contribution in [0.5, 0.6) is 0 Å². The SMILES string of the molecule is C[C@@H]1CC[C@]2(CN(C)C[C@H](C)OCC3=C(F)C=CCC3F)C[C@@]1(C)c1cccc(N)c12. The van der Waals surface area contributed by atoms with Crippen LogP contribution >= 0.6 is 0 Å².